The van der Waals surface area contributed by atoms with Gasteiger partial charge in [-0.15, -0.1) is 0 Å². The van der Waals surface area contributed by atoms with E-state index in [-0.39, 0.29) is 24.0 Å². The van der Waals surface area contributed by atoms with Crippen LogP contribution in [-0.2, 0) is 5.60 Å². The SMILES string of the molecule is CC(C)(O)c1cnc(OC/C(=C/Nc2ccc(F)c(OC(F)F)c2)N=N)nc1. The lowest BCUT2D eigenvalue weighted by Crippen LogP contribution is -2.16. The van der Waals surface area contributed by atoms with Gasteiger partial charge in [0.25, 0.3) is 0 Å². The van der Waals surface area contributed by atoms with E-state index >= 15 is 0 Å². The monoisotopic (exact) mass is 397 g/mol. The number of benzene rings is 1. The third-order valence-corrected chi connectivity index (χ3v) is 3.38. The van der Waals surface area contributed by atoms with E-state index in [1.54, 1.807) is 13.8 Å². The zero-order chi connectivity index (χ0) is 20.7. The minimum atomic E-state index is -3.16. The van der Waals surface area contributed by atoms with Crippen molar-refractivity contribution in [2.45, 2.75) is 26.1 Å². The van der Waals surface area contributed by atoms with E-state index in [0.717, 1.165) is 12.1 Å². The summed E-state index contributed by atoms with van der Waals surface area (Å²) >= 11 is 0. The fourth-order valence-corrected chi connectivity index (χ4v) is 1.90. The average Bonchev–Trinajstić information content (AvgIpc) is 2.63. The minimum Gasteiger partial charge on any atom is -0.457 e. The van der Waals surface area contributed by atoms with Crippen LogP contribution in [0.15, 0.2) is 47.6 Å². The van der Waals surface area contributed by atoms with Gasteiger partial charge in [-0.05, 0) is 26.0 Å². The molecule has 0 atom stereocenters. The van der Waals surface area contributed by atoms with Crippen LogP contribution in [0.5, 0.6) is 11.8 Å². The molecule has 0 aliphatic carbocycles. The van der Waals surface area contributed by atoms with Crippen LogP contribution < -0.4 is 14.8 Å². The summed E-state index contributed by atoms with van der Waals surface area (Å²) in [5.74, 6) is -1.55. The second-order valence-corrected chi connectivity index (χ2v) is 6.02. The Morgan fingerprint density at radius 3 is 2.61 bits per heavy atom. The van der Waals surface area contributed by atoms with E-state index in [2.05, 4.69) is 25.1 Å². The number of alkyl halides is 2. The number of hydrogen-bond acceptors (Lipinski definition) is 8. The van der Waals surface area contributed by atoms with Crippen molar-refractivity contribution in [2.75, 3.05) is 11.9 Å². The Kier molecular flexibility index (Phi) is 6.88. The molecule has 0 saturated heterocycles. The Morgan fingerprint density at radius 2 is 2.04 bits per heavy atom. The second kappa shape index (κ2) is 9.13. The zero-order valence-electron chi connectivity index (χ0n) is 15.0. The molecule has 3 N–H and O–H groups in total. The van der Waals surface area contributed by atoms with Crippen molar-refractivity contribution >= 4 is 5.69 Å². The molecule has 0 fully saturated rings. The van der Waals surface area contributed by atoms with Crippen molar-refractivity contribution in [3.05, 3.63) is 53.9 Å². The van der Waals surface area contributed by atoms with Crippen molar-refractivity contribution in [2.24, 2.45) is 5.11 Å². The van der Waals surface area contributed by atoms with Gasteiger partial charge in [-0.1, -0.05) is 0 Å². The fraction of sp³-hybridized carbons (Fsp3) is 0.294. The van der Waals surface area contributed by atoms with Gasteiger partial charge in [0.1, 0.15) is 12.3 Å². The van der Waals surface area contributed by atoms with Crippen molar-refractivity contribution < 1.29 is 27.8 Å². The molecule has 0 spiro atoms. The number of halogens is 3. The van der Waals surface area contributed by atoms with Crippen LogP contribution in [0.1, 0.15) is 19.4 Å². The van der Waals surface area contributed by atoms with Crippen LogP contribution in [0.2, 0.25) is 0 Å². The van der Waals surface area contributed by atoms with Crippen LogP contribution >= 0.6 is 0 Å². The molecule has 0 radical (unpaired) electrons. The summed E-state index contributed by atoms with van der Waals surface area (Å²) in [4.78, 5) is 7.89. The van der Waals surface area contributed by atoms with Crippen LogP contribution in [-0.4, -0.2) is 28.3 Å². The van der Waals surface area contributed by atoms with E-state index < -0.39 is 23.8 Å². The van der Waals surface area contributed by atoms with Gasteiger partial charge in [0.15, 0.2) is 11.6 Å². The highest BCUT2D eigenvalue weighted by molar-refractivity contribution is 5.51. The summed E-state index contributed by atoms with van der Waals surface area (Å²) in [6, 6.07) is 3.31. The summed E-state index contributed by atoms with van der Waals surface area (Å²) in [7, 11) is 0. The Morgan fingerprint density at radius 1 is 1.36 bits per heavy atom. The first-order valence-electron chi connectivity index (χ1n) is 7.94. The van der Waals surface area contributed by atoms with Crippen LogP contribution in [0.25, 0.3) is 0 Å². The molecule has 11 heteroatoms. The first kappa shape index (κ1) is 21.1. The maximum Gasteiger partial charge on any atom is 0.387 e. The Balaban J connectivity index is 2.00. The number of aromatic nitrogens is 2. The summed E-state index contributed by atoms with van der Waals surface area (Å²) < 4.78 is 47.3. The molecule has 2 rings (SSSR count). The summed E-state index contributed by atoms with van der Waals surface area (Å²) in [5.41, 5.74) is 6.93. The molecule has 150 valence electrons. The number of hydrogen-bond donors (Lipinski definition) is 3. The molecule has 1 aromatic heterocycles. The smallest absolute Gasteiger partial charge is 0.387 e. The highest BCUT2D eigenvalue weighted by Gasteiger charge is 2.17. The van der Waals surface area contributed by atoms with Gasteiger partial charge in [-0.2, -0.15) is 13.9 Å². The highest BCUT2D eigenvalue weighted by Crippen LogP contribution is 2.24. The molecule has 0 amide bonds. The predicted molar refractivity (Wildman–Crippen MR) is 92.7 cm³/mol. The molecular weight excluding hydrogens is 379 g/mol. The van der Waals surface area contributed by atoms with E-state index in [1.165, 1.54) is 24.7 Å². The van der Waals surface area contributed by atoms with E-state index in [0.29, 0.717) is 5.56 Å². The number of anilines is 1. The van der Waals surface area contributed by atoms with E-state index in [9.17, 15) is 18.3 Å². The molecule has 1 heterocycles. The number of aliphatic hydroxyl groups is 1. The second-order valence-electron chi connectivity index (χ2n) is 6.02. The summed E-state index contributed by atoms with van der Waals surface area (Å²) in [6.45, 7) is -0.147. The number of nitrogens with zero attached hydrogens (tertiary/aromatic N) is 3. The topological polar surface area (TPSA) is 113 Å². The Bertz CT molecular complexity index is 839. The summed E-state index contributed by atoms with van der Waals surface area (Å²) in [5, 5.41) is 15.8. The van der Waals surface area contributed by atoms with Crippen molar-refractivity contribution in [1.82, 2.24) is 9.97 Å². The molecule has 0 saturated carbocycles. The molecular formula is C17H18F3N5O3. The molecule has 0 aliphatic rings. The van der Waals surface area contributed by atoms with Crippen LogP contribution in [0, 0.1) is 11.3 Å². The van der Waals surface area contributed by atoms with Gasteiger partial charge >= 0.3 is 12.6 Å². The number of nitrogens with one attached hydrogen (secondary N) is 2. The maximum atomic E-state index is 13.4. The standard InChI is InChI=1S/C17H18F3N5O3/c1-17(2,26)10-6-23-16(24-7-10)27-9-12(25-21)8-22-11-3-4-13(18)14(5-11)28-15(19)20/h3-8,15,21-22,26H,9H2,1-2H3/b12-8-,25-21?. The first-order valence-corrected chi connectivity index (χ1v) is 7.94. The largest absolute Gasteiger partial charge is 0.457 e. The van der Waals surface area contributed by atoms with Gasteiger partial charge in [0.2, 0.25) is 0 Å². The Hall–Kier alpha value is -3.21. The predicted octanol–water partition coefficient (Wildman–Crippen LogP) is 3.81. The van der Waals surface area contributed by atoms with Gasteiger partial charge in [0, 0.05) is 35.9 Å². The van der Waals surface area contributed by atoms with Gasteiger partial charge in [-0.3, -0.25) is 0 Å². The minimum absolute atomic E-state index is 0.0111. The van der Waals surface area contributed by atoms with Crippen LogP contribution in [0.3, 0.4) is 0 Å². The number of rotatable bonds is 9. The zero-order valence-corrected chi connectivity index (χ0v) is 15.0. The van der Waals surface area contributed by atoms with Crippen molar-refractivity contribution in [3.8, 4) is 11.8 Å². The van der Waals surface area contributed by atoms with Gasteiger partial charge in [0.05, 0.1) is 5.60 Å². The lowest BCUT2D eigenvalue weighted by molar-refractivity contribution is -0.0521. The quantitative estimate of drug-likeness (QED) is 0.555. The number of ether oxygens (including phenoxy) is 2. The summed E-state index contributed by atoms with van der Waals surface area (Å²) in [6.07, 6.45) is 4.09. The van der Waals surface area contributed by atoms with E-state index in [1.807, 2.05) is 0 Å². The molecule has 0 unspecified atom stereocenters. The molecule has 0 bridgehead atoms. The molecule has 28 heavy (non-hydrogen) atoms. The fourth-order valence-electron chi connectivity index (χ4n) is 1.90. The highest BCUT2D eigenvalue weighted by atomic mass is 19.3. The van der Waals surface area contributed by atoms with Crippen molar-refractivity contribution in [1.29, 1.82) is 5.53 Å². The molecule has 2 aromatic rings. The maximum absolute atomic E-state index is 13.4. The first-order chi connectivity index (χ1) is 13.2. The average molecular weight is 397 g/mol. The molecule has 1 aromatic carbocycles. The lowest BCUT2D eigenvalue weighted by Gasteiger charge is -2.16. The normalized spacial score (nSPS) is 12.0. The lowest BCUT2D eigenvalue weighted by atomic mass is 10.0. The van der Waals surface area contributed by atoms with Gasteiger partial charge < -0.3 is 19.9 Å². The van der Waals surface area contributed by atoms with Crippen molar-refractivity contribution in [3.63, 3.8) is 0 Å². The molecule has 0 aliphatic heterocycles. The van der Waals surface area contributed by atoms with Gasteiger partial charge in [-0.25, -0.2) is 19.9 Å². The third-order valence-electron chi connectivity index (χ3n) is 3.38. The molecule has 8 nitrogen and oxygen atoms in total. The Labute approximate surface area is 158 Å². The van der Waals surface area contributed by atoms with Crippen LogP contribution in [0.4, 0.5) is 18.9 Å². The third kappa shape index (κ3) is 6.20. The van der Waals surface area contributed by atoms with E-state index in [4.69, 9.17) is 10.3 Å².